The van der Waals surface area contributed by atoms with Gasteiger partial charge in [-0.2, -0.15) is 0 Å². The standard InChI is InChI=1S/C29H30N4O3S/c34-27-10-9-25(28(35)30-27)33-19-23-16-21(5-8-24(23)29(33)36)18-32-13-11-31(12-14-32)17-20-3-6-22(7-4-20)26-2-1-15-37-26/h1-8,15-16,25H,9-14,17-19H2,(H,30,34,35). The van der Waals surface area contributed by atoms with Crippen molar-refractivity contribution in [3.63, 3.8) is 0 Å². The van der Waals surface area contributed by atoms with Crippen molar-refractivity contribution in [1.29, 1.82) is 0 Å². The molecule has 2 aromatic carbocycles. The zero-order valence-corrected chi connectivity index (χ0v) is 21.5. The third-order valence-corrected chi connectivity index (χ3v) is 8.54. The Labute approximate surface area is 220 Å². The first kappa shape index (κ1) is 24.0. The van der Waals surface area contributed by atoms with Crippen LogP contribution in [-0.4, -0.2) is 64.6 Å². The Bertz CT molecular complexity index is 1310. The summed E-state index contributed by atoms with van der Waals surface area (Å²) >= 11 is 1.77. The first-order valence-corrected chi connectivity index (χ1v) is 13.8. The van der Waals surface area contributed by atoms with E-state index in [9.17, 15) is 14.4 Å². The number of rotatable bonds is 6. The number of imide groups is 1. The van der Waals surface area contributed by atoms with Crippen molar-refractivity contribution in [2.24, 2.45) is 0 Å². The van der Waals surface area contributed by atoms with Gasteiger partial charge in [-0.05, 0) is 46.2 Å². The van der Waals surface area contributed by atoms with Crippen LogP contribution in [0, 0.1) is 0 Å². The molecule has 1 atom stereocenters. The topological polar surface area (TPSA) is 73.0 Å². The number of amides is 3. The van der Waals surface area contributed by atoms with E-state index in [1.807, 2.05) is 12.1 Å². The molecule has 2 fully saturated rings. The van der Waals surface area contributed by atoms with Crippen LogP contribution in [0.2, 0.25) is 0 Å². The molecule has 0 aliphatic carbocycles. The molecule has 1 aromatic heterocycles. The van der Waals surface area contributed by atoms with Crippen LogP contribution in [0.4, 0.5) is 0 Å². The highest BCUT2D eigenvalue weighted by molar-refractivity contribution is 7.13. The van der Waals surface area contributed by atoms with Crippen LogP contribution in [0.1, 0.15) is 39.9 Å². The minimum absolute atomic E-state index is 0.118. The van der Waals surface area contributed by atoms with E-state index in [0.29, 0.717) is 18.5 Å². The SMILES string of the molecule is O=C1CCC(N2Cc3cc(CN4CCN(Cc5ccc(-c6cccs6)cc5)CC4)ccc3C2=O)C(=O)N1. The number of thiophene rings is 1. The summed E-state index contributed by atoms with van der Waals surface area (Å²) < 4.78 is 0. The zero-order valence-electron chi connectivity index (χ0n) is 20.7. The number of piperidine rings is 1. The van der Waals surface area contributed by atoms with E-state index in [1.165, 1.54) is 21.6 Å². The Kier molecular flexibility index (Phi) is 6.63. The fraction of sp³-hybridized carbons (Fsp3) is 0.345. The number of hydrogen-bond acceptors (Lipinski definition) is 6. The minimum Gasteiger partial charge on any atom is -0.322 e. The Morgan fingerprint density at radius 3 is 2.24 bits per heavy atom. The molecule has 0 radical (unpaired) electrons. The molecular weight excluding hydrogens is 484 g/mol. The summed E-state index contributed by atoms with van der Waals surface area (Å²) in [5, 5.41) is 4.48. The average Bonchev–Trinajstić information content (AvgIpc) is 3.54. The Balaban J connectivity index is 1.02. The Hall–Kier alpha value is -3.33. The van der Waals surface area contributed by atoms with Crippen LogP contribution in [0.3, 0.4) is 0 Å². The van der Waals surface area contributed by atoms with Gasteiger partial charge >= 0.3 is 0 Å². The second-order valence-electron chi connectivity index (χ2n) is 10.1. The number of nitrogens with zero attached hydrogens (tertiary/aromatic N) is 3. The summed E-state index contributed by atoms with van der Waals surface area (Å²) in [4.78, 5) is 44.6. The lowest BCUT2D eigenvalue weighted by Gasteiger charge is -2.34. The predicted octanol–water partition coefficient (Wildman–Crippen LogP) is 3.49. The fourth-order valence-electron chi connectivity index (χ4n) is 5.57. The molecule has 190 valence electrons. The maximum absolute atomic E-state index is 12.9. The van der Waals surface area contributed by atoms with Gasteiger partial charge in [0, 0.05) is 62.7 Å². The van der Waals surface area contributed by atoms with Crippen LogP contribution in [-0.2, 0) is 29.2 Å². The van der Waals surface area contributed by atoms with E-state index in [0.717, 1.165) is 44.8 Å². The van der Waals surface area contributed by atoms with Crippen molar-refractivity contribution in [1.82, 2.24) is 20.0 Å². The highest BCUT2D eigenvalue weighted by atomic mass is 32.1. The van der Waals surface area contributed by atoms with Crippen molar-refractivity contribution in [2.45, 2.75) is 38.5 Å². The number of nitrogens with one attached hydrogen (secondary N) is 1. The van der Waals surface area contributed by atoms with Crippen molar-refractivity contribution < 1.29 is 14.4 Å². The second-order valence-corrected chi connectivity index (χ2v) is 11.1. The smallest absolute Gasteiger partial charge is 0.255 e. The largest absolute Gasteiger partial charge is 0.322 e. The zero-order chi connectivity index (χ0) is 25.4. The average molecular weight is 515 g/mol. The summed E-state index contributed by atoms with van der Waals surface area (Å²) in [6.07, 6.45) is 0.661. The van der Waals surface area contributed by atoms with E-state index >= 15 is 0 Å². The third-order valence-electron chi connectivity index (χ3n) is 7.62. The summed E-state index contributed by atoms with van der Waals surface area (Å²) in [6.45, 7) is 6.31. The lowest BCUT2D eigenvalue weighted by Crippen LogP contribution is -2.52. The molecule has 0 bridgehead atoms. The Morgan fingerprint density at radius 1 is 0.865 bits per heavy atom. The van der Waals surface area contributed by atoms with Gasteiger partial charge in [0.05, 0.1) is 0 Å². The van der Waals surface area contributed by atoms with Crippen molar-refractivity contribution >= 4 is 29.1 Å². The van der Waals surface area contributed by atoms with Gasteiger partial charge in [0.15, 0.2) is 0 Å². The number of piperazine rings is 1. The third kappa shape index (κ3) is 5.09. The van der Waals surface area contributed by atoms with E-state index in [1.54, 1.807) is 16.2 Å². The molecule has 8 heteroatoms. The molecule has 1 unspecified atom stereocenters. The number of hydrogen-bond donors (Lipinski definition) is 1. The molecular formula is C29H30N4O3S. The van der Waals surface area contributed by atoms with Crippen molar-refractivity contribution in [2.75, 3.05) is 26.2 Å². The number of fused-ring (bicyclic) bond motifs is 1. The van der Waals surface area contributed by atoms with Crippen molar-refractivity contribution in [3.05, 3.63) is 82.2 Å². The molecule has 3 aromatic rings. The molecule has 4 heterocycles. The summed E-state index contributed by atoms with van der Waals surface area (Å²) in [5.41, 5.74) is 5.45. The molecule has 2 saturated heterocycles. The normalized spacial score (nSPS) is 20.8. The van der Waals surface area contributed by atoms with E-state index in [-0.39, 0.29) is 24.1 Å². The summed E-state index contributed by atoms with van der Waals surface area (Å²) in [6, 6.07) is 18.6. The number of carbonyl (C=O) groups excluding carboxylic acids is 3. The quantitative estimate of drug-likeness (QED) is 0.510. The second kappa shape index (κ2) is 10.2. The van der Waals surface area contributed by atoms with E-state index < -0.39 is 6.04 Å². The first-order chi connectivity index (χ1) is 18.0. The Morgan fingerprint density at radius 2 is 1.57 bits per heavy atom. The first-order valence-electron chi connectivity index (χ1n) is 12.9. The highest BCUT2D eigenvalue weighted by Crippen LogP contribution is 2.29. The monoisotopic (exact) mass is 514 g/mol. The molecule has 1 N–H and O–H groups in total. The van der Waals surface area contributed by atoms with Crippen LogP contribution in [0.15, 0.2) is 60.0 Å². The molecule has 7 nitrogen and oxygen atoms in total. The summed E-state index contributed by atoms with van der Waals surface area (Å²) in [7, 11) is 0. The minimum atomic E-state index is -0.568. The molecule has 0 saturated carbocycles. The van der Waals surface area contributed by atoms with Crippen molar-refractivity contribution in [3.8, 4) is 10.4 Å². The van der Waals surface area contributed by atoms with Gasteiger partial charge < -0.3 is 4.90 Å². The highest BCUT2D eigenvalue weighted by Gasteiger charge is 2.39. The molecule has 0 spiro atoms. The van der Waals surface area contributed by atoms with Crippen LogP contribution < -0.4 is 5.32 Å². The predicted molar refractivity (Wildman–Crippen MR) is 143 cm³/mol. The fourth-order valence-corrected chi connectivity index (χ4v) is 6.30. The maximum Gasteiger partial charge on any atom is 0.255 e. The van der Waals surface area contributed by atoms with Gasteiger partial charge in [0.2, 0.25) is 11.8 Å². The van der Waals surface area contributed by atoms with Crippen LogP contribution in [0.5, 0.6) is 0 Å². The maximum atomic E-state index is 12.9. The van der Waals surface area contributed by atoms with Gasteiger partial charge in [0.25, 0.3) is 5.91 Å². The van der Waals surface area contributed by atoms with E-state index in [4.69, 9.17) is 0 Å². The number of benzene rings is 2. The van der Waals surface area contributed by atoms with Gasteiger partial charge in [0.1, 0.15) is 6.04 Å². The van der Waals surface area contributed by atoms with Gasteiger partial charge in [-0.25, -0.2) is 0 Å². The van der Waals surface area contributed by atoms with Gasteiger partial charge in [-0.15, -0.1) is 11.3 Å². The molecule has 3 amide bonds. The molecule has 37 heavy (non-hydrogen) atoms. The summed E-state index contributed by atoms with van der Waals surface area (Å²) in [5.74, 6) is -0.748. The van der Waals surface area contributed by atoms with Crippen LogP contribution >= 0.6 is 11.3 Å². The van der Waals surface area contributed by atoms with E-state index in [2.05, 4.69) is 63.0 Å². The lowest BCUT2D eigenvalue weighted by molar-refractivity contribution is -0.136. The molecule has 6 rings (SSSR count). The number of carbonyl (C=O) groups is 3. The molecule has 3 aliphatic heterocycles. The van der Waals surface area contributed by atoms with Crippen LogP contribution in [0.25, 0.3) is 10.4 Å². The van der Waals surface area contributed by atoms with Gasteiger partial charge in [-0.1, -0.05) is 42.5 Å². The van der Waals surface area contributed by atoms with Gasteiger partial charge in [-0.3, -0.25) is 29.5 Å². The lowest BCUT2D eigenvalue weighted by atomic mass is 10.0. The molecule has 3 aliphatic rings.